The second kappa shape index (κ2) is 4.57. The molecule has 1 aromatic heterocycles. The average molecular weight is 196 g/mol. The van der Waals surface area contributed by atoms with E-state index in [9.17, 15) is 9.90 Å². The zero-order chi connectivity index (χ0) is 10.6. The molecule has 1 heterocycles. The third-order valence-corrected chi connectivity index (χ3v) is 1.78. The molecule has 0 aromatic carbocycles. The summed E-state index contributed by atoms with van der Waals surface area (Å²) in [5.41, 5.74) is 5.90. The van der Waals surface area contributed by atoms with Gasteiger partial charge in [-0.15, -0.1) is 0 Å². The van der Waals surface area contributed by atoms with Crippen molar-refractivity contribution in [2.24, 2.45) is 5.73 Å². The molecule has 1 aromatic rings. The summed E-state index contributed by atoms with van der Waals surface area (Å²) in [6.07, 6.45) is 1.69. The Hall–Kier alpha value is -1.62. The van der Waals surface area contributed by atoms with Crippen LogP contribution < -0.4 is 5.73 Å². The maximum absolute atomic E-state index is 11.0. The Balaban J connectivity index is 2.69. The molecule has 0 bridgehead atoms. The van der Waals surface area contributed by atoms with Gasteiger partial charge in [-0.2, -0.15) is 0 Å². The molecule has 0 fully saturated rings. The summed E-state index contributed by atoms with van der Waals surface area (Å²) in [4.78, 5) is 14.9. The minimum Gasteiger partial charge on any atom is -0.506 e. The molecule has 0 saturated heterocycles. The van der Waals surface area contributed by atoms with Gasteiger partial charge in [0.05, 0.1) is 12.8 Å². The number of hydrogen-bond donors (Lipinski definition) is 2. The van der Waals surface area contributed by atoms with Crippen molar-refractivity contribution in [2.75, 3.05) is 7.11 Å². The van der Waals surface area contributed by atoms with Gasteiger partial charge in [0.2, 0.25) is 0 Å². The van der Waals surface area contributed by atoms with Crippen molar-refractivity contribution < 1.29 is 14.6 Å². The molecule has 0 unspecified atom stereocenters. The number of rotatable bonds is 3. The molecule has 1 rings (SSSR count). The number of nitrogens with zero attached hydrogens (tertiary/aromatic N) is 1. The van der Waals surface area contributed by atoms with Crippen LogP contribution in [-0.2, 0) is 16.0 Å². The molecule has 3 N–H and O–H groups in total. The smallest absolute Gasteiger partial charge is 0.323 e. The topological polar surface area (TPSA) is 85.4 Å². The van der Waals surface area contributed by atoms with Crippen LogP contribution in [0.1, 0.15) is 5.69 Å². The van der Waals surface area contributed by atoms with E-state index in [1.807, 2.05) is 0 Å². The van der Waals surface area contributed by atoms with Gasteiger partial charge in [-0.3, -0.25) is 9.78 Å². The number of methoxy groups -OCH3 is 1. The molecule has 0 aliphatic carbocycles. The van der Waals surface area contributed by atoms with Gasteiger partial charge in [0.1, 0.15) is 11.8 Å². The monoisotopic (exact) mass is 196 g/mol. The first-order valence-electron chi connectivity index (χ1n) is 4.11. The van der Waals surface area contributed by atoms with Crippen molar-refractivity contribution in [1.29, 1.82) is 0 Å². The van der Waals surface area contributed by atoms with Crippen LogP contribution in [0, 0.1) is 0 Å². The summed E-state index contributed by atoms with van der Waals surface area (Å²) >= 11 is 0. The number of carbonyl (C=O) groups is 1. The van der Waals surface area contributed by atoms with Gasteiger partial charge < -0.3 is 15.6 Å². The van der Waals surface area contributed by atoms with Crippen LogP contribution in [-0.4, -0.2) is 29.2 Å². The van der Waals surface area contributed by atoms with E-state index in [2.05, 4.69) is 9.72 Å². The van der Waals surface area contributed by atoms with Crippen LogP contribution in [0.25, 0.3) is 0 Å². The van der Waals surface area contributed by atoms with E-state index < -0.39 is 12.0 Å². The predicted octanol–water partition coefficient (Wildman–Crippen LogP) is -0.170. The SMILES string of the molecule is COC(=O)[C@H](N)Cc1ncccc1O. The van der Waals surface area contributed by atoms with Crippen molar-refractivity contribution in [2.45, 2.75) is 12.5 Å². The molecule has 0 radical (unpaired) electrons. The summed E-state index contributed by atoms with van der Waals surface area (Å²) in [5, 5.41) is 9.34. The first-order valence-corrected chi connectivity index (χ1v) is 4.11. The Morgan fingerprint density at radius 1 is 1.79 bits per heavy atom. The fourth-order valence-electron chi connectivity index (χ4n) is 1.03. The summed E-state index contributed by atoms with van der Waals surface area (Å²) in [6.45, 7) is 0. The minimum absolute atomic E-state index is 0.0341. The summed E-state index contributed by atoms with van der Waals surface area (Å²) in [5.74, 6) is -0.484. The highest BCUT2D eigenvalue weighted by Gasteiger charge is 2.16. The zero-order valence-corrected chi connectivity index (χ0v) is 7.80. The molecule has 0 aliphatic rings. The van der Waals surface area contributed by atoms with Crippen LogP contribution in [0.5, 0.6) is 5.75 Å². The second-order valence-corrected chi connectivity index (χ2v) is 2.80. The van der Waals surface area contributed by atoms with E-state index in [1.54, 1.807) is 6.07 Å². The first-order chi connectivity index (χ1) is 6.65. The Bertz CT molecular complexity index is 328. The van der Waals surface area contributed by atoms with Gasteiger partial charge in [0.15, 0.2) is 0 Å². The lowest BCUT2D eigenvalue weighted by molar-refractivity contribution is -0.142. The van der Waals surface area contributed by atoms with Crippen LogP contribution >= 0.6 is 0 Å². The quantitative estimate of drug-likeness (QED) is 0.655. The predicted molar refractivity (Wildman–Crippen MR) is 49.6 cm³/mol. The number of aromatic hydroxyl groups is 1. The largest absolute Gasteiger partial charge is 0.506 e. The van der Waals surface area contributed by atoms with Crippen molar-refractivity contribution in [3.05, 3.63) is 24.0 Å². The molecule has 0 spiro atoms. The lowest BCUT2D eigenvalue weighted by Crippen LogP contribution is -2.33. The van der Waals surface area contributed by atoms with E-state index >= 15 is 0 Å². The number of aromatic nitrogens is 1. The fourth-order valence-corrected chi connectivity index (χ4v) is 1.03. The Kier molecular flexibility index (Phi) is 3.41. The average Bonchev–Trinajstić information content (AvgIpc) is 2.20. The van der Waals surface area contributed by atoms with Gasteiger partial charge in [-0.25, -0.2) is 0 Å². The van der Waals surface area contributed by atoms with Crippen LogP contribution in [0.4, 0.5) is 0 Å². The molecule has 0 aliphatic heterocycles. The fraction of sp³-hybridized carbons (Fsp3) is 0.333. The van der Waals surface area contributed by atoms with Gasteiger partial charge in [0, 0.05) is 12.6 Å². The maximum Gasteiger partial charge on any atom is 0.323 e. The lowest BCUT2D eigenvalue weighted by atomic mass is 10.1. The standard InChI is InChI=1S/C9H12N2O3/c1-14-9(13)6(10)5-7-8(12)3-2-4-11-7/h2-4,6,12H,5,10H2,1H3/t6-/m1/s1. The number of nitrogens with two attached hydrogens (primary N) is 1. The van der Waals surface area contributed by atoms with Gasteiger partial charge in [-0.1, -0.05) is 0 Å². The van der Waals surface area contributed by atoms with Crippen molar-refractivity contribution in [1.82, 2.24) is 4.98 Å². The molecule has 14 heavy (non-hydrogen) atoms. The molecule has 5 nitrogen and oxygen atoms in total. The summed E-state index contributed by atoms with van der Waals surface area (Å²) in [6, 6.07) is 2.30. The summed E-state index contributed by atoms with van der Waals surface area (Å²) < 4.78 is 4.45. The number of ether oxygens (including phenoxy) is 1. The summed E-state index contributed by atoms with van der Waals surface area (Å²) in [7, 11) is 1.26. The zero-order valence-electron chi connectivity index (χ0n) is 7.80. The van der Waals surface area contributed by atoms with Gasteiger partial charge >= 0.3 is 5.97 Å². The Morgan fingerprint density at radius 3 is 3.07 bits per heavy atom. The van der Waals surface area contributed by atoms with E-state index in [4.69, 9.17) is 5.73 Å². The highest BCUT2D eigenvalue weighted by molar-refractivity contribution is 5.75. The first kappa shape index (κ1) is 10.5. The van der Waals surface area contributed by atoms with Gasteiger partial charge in [-0.05, 0) is 12.1 Å². The van der Waals surface area contributed by atoms with E-state index in [-0.39, 0.29) is 12.2 Å². The molecule has 5 heteroatoms. The normalized spacial score (nSPS) is 12.1. The molecular weight excluding hydrogens is 184 g/mol. The highest BCUT2D eigenvalue weighted by Crippen LogP contribution is 2.13. The van der Waals surface area contributed by atoms with Crippen LogP contribution in [0.15, 0.2) is 18.3 Å². The molecule has 0 saturated carbocycles. The van der Waals surface area contributed by atoms with Crippen molar-refractivity contribution >= 4 is 5.97 Å². The third kappa shape index (κ3) is 2.43. The van der Waals surface area contributed by atoms with Crippen molar-refractivity contribution in [3.63, 3.8) is 0 Å². The molecule has 1 atom stereocenters. The number of hydrogen-bond acceptors (Lipinski definition) is 5. The molecular formula is C9H12N2O3. The molecule has 0 amide bonds. The number of carbonyl (C=O) groups excluding carboxylic acids is 1. The van der Waals surface area contributed by atoms with Crippen LogP contribution in [0.3, 0.4) is 0 Å². The second-order valence-electron chi connectivity index (χ2n) is 2.80. The van der Waals surface area contributed by atoms with E-state index in [0.717, 1.165) is 0 Å². The number of pyridine rings is 1. The van der Waals surface area contributed by atoms with Crippen LogP contribution in [0.2, 0.25) is 0 Å². The lowest BCUT2D eigenvalue weighted by Gasteiger charge is -2.08. The van der Waals surface area contributed by atoms with E-state index in [0.29, 0.717) is 5.69 Å². The maximum atomic E-state index is 11.0. The molecule has 76 valence electrons. The Morgan fingerprint density at radius 2 is 2.50 bits per heavy atom. The highest BCUT2D eigenvalue weighted by atomic mass is 16.5. The van der Waals surface area contributed by atoms with Gasteiger partial charge in [0.25, 0.3) is 0 Å². The van der Waals surface area contributed by atoms with E-state index in [1.165, 1.54) is 19.4 Å². The minimum atomic E-state index is -0.791. The Labute approximate surface area is 81.5 Å². The van der Waals surface area contributed by atoms with Crippen molar-refractivity contribution in [3.8, 4) is 5.75 Å². The number of esters is 1. The third-order valence-electron chi connectivity index (χ3n) is 1.78.